The van der Waals surface area contributed by atoms with Gasteiger partial charge < -0.3 is 10.1 Å². The van der Waals surface area contributed by atoms with Crippen molar-refractivity contribution >= 4 is 23.2 Å². The Labute approximate surface area is 137 Å². The van der Waals surface area contributed by atoms with Gasteiger partial charge in [0, 0.05) is 5.56 Å². The number of nitrogens with one attached hydrogen (secondary N) is 2. The maximum Gasteiger partial charge on any atom is 0.271 e. The number of amides is 2. The lowest BCUT2D eigenvalue weighted by Crippen LogP contribution is -2.25. The molecule has 2 aromatic rings. The molecular formula is C17H14FN3O3. The van der Waals surface area contributed by atoms with Gasteiger partial charge in [-0.15, -0.1) is 0 Å². The summed E-state index contributed by atoms with van der Waals surface area (Å²) in [5.41, 5.74) is 4.55. The fraction of sp³-hybridized carbons (Fsp3) is 0.118. The Morgan fingerprint density at radius 1 is 1.21 bits per heavy atom. The van der Waals surface area contributed by atoms with Crippen LogP contribution in [0, 0.1) is 5.82 Å². The molecule has 0 saturated carbocycles. The average Bonchev–Trinajstić information content (AvgIpc) is 2.59. The molecule has 3 rings (SSSR count). The van der Waals surface area contributed by atoms with Crippen LogP contribution >= 0.6 is 0 Å². The highest BCUT2D eigenvalue weighted by Crippen LogP contribution is 2.28. The van der Waals surface area contributed by atoms with Crippen molar-refractivity contribution in [1.29, 1.82) is 0 Å². The number of anilines is 1. The van der Waals surface area contributed by atoms with Gasteiger partial charge in [-0.25, -0.2) is 9.82 Å². The van der Waals surface area contributed by atoms with Crippen LogP contribution in [0.5, 0.6) is 5.75 Å². The lowest BCUT2D eigenvalue weighted by molar-refractivity contribution is -0.118. The van der Waals surface area contributed by atoms with Crippen molar-refractivity contribution in [3.8, 4) is 5.75 Å². The highest BCUT2D eigenvalue weighted by atomic mass is 19.1. The molecule has 6 nitrogen and oxygen atoms in total. The maximum absolute atomic E-state index is 12.9. The third kappa shape index (κ3) is 3.40. The molecule has 7 heteroatoms. The number of carbonyl (C=O) groups is 2. The number of rotatable bonds is 3. The van der Waals surface area contributed by atoms with Gasteiger partial charge in [0.15, 0.2) is 6.61 Å². The number of ether oxygens (including phenoxy) is 1. The van der Waals surface area contributed by atoms with E-state index >= 15 is 0 Å². The summed E-state index contributed by atoms with van der Waals surface area (Å²) in [5, 5.41) is 6.74. The van der Waals surface area contributed by atoms with E-state index in [0.717, 1.165) is 5.56 Å². The zero-order valence-electron chi connectivity index (χ0n) is 12.8. The van der Waals surface area contributed by atoms with Crippen molar-refractivity contribution < 1.29 is 18.7 Å². The summed E-state index contributed by atoms with van der Waals surface area (Å²) in [5.74, 6) is -0.492. The summed E-state index contributed by atoms with van der Waals surface area (Å²) in [6.07, 6.45) is 0. The molecule has 0 aliphatic carbocycles. The second kappa shape index (κ2) is 6.49. The van der Waals surface area contributed by atoms with E-state index in [2.05, 4.69) is 15.8 Å². The standard InChI is InChI=1S/C17H14FN3O3/c1-10(20-21-17(23)11-2-5-13(18)6-3-11)12-4-7-15-14(8-12)19-16(22)9-24-15/h2-8H,9H2,1H3,(H,19,22)(H,21,23)/b20-10-. The summed E-state index contributed by atoms with van der Waals surface area (Å²) < 4.78 is 18.1. The summed E-state index contributed by atoms with van der Waals surface area (Å²) in [4.78, 5) is 23.3. The van der Waals surface area contributed by atoms with E-state index in [1.807, 2.05) is 0 Å². The van der Waals surface area contributed by atoms with Crippen LogP contribution in [0.1, 0.15) is 22.8 Å². The molecule has 1 aliphatic rings. The van der Waals surface area contributed by atoms with Gasteiger partial charge in [0.05, 0.1) is 11.4 Å². The second-order valence-electron chi connectivity index (χ2n) is 5.19. The van der Waals surface area contributed by atoms with E-state index < -0.39 is 11.7 Å². The van der Waals surface area contributed by atoms with Gasteiger partial charge in [0.2, 0.25) is 0 Å². The number of fused-ring (bicyclic) bond motifs is 1. The molecule has 24 heavy (non-hydrogen) atoms. The molecule has 0 spiro atoms. The van der Waals surface area contributed by atoms with Crippen LogP contribution in [-0.4, -0.2) is 24.1 Å². The van der Waals surface area contributed by atoms with E-state index in [1.165, 1.54) is 24.3 Å². The number of carbonyl (C=O) groups excluding carboxylic acids is 2. The Bertz CT molecular complexity index is 831. The number of hydrogen-bond donors (Lipinski definition) is 2. The summed E-state index contributed by atoms with van der Waals surface area (Å²) in [6, 6.07) is 10.4. The maximum atomic E-state index is 12.9. The Morgan fingerprint density at radius 3 is 2.67 bits per heavy atom. The van der Waals surface area contributed by atoms with Crippen LogP contribution in [0.2, 0.25) is 0 Å². The van der Waals surface area contributed by atoms with E-state index in [-0.39, 0.29) is 12.5 Å². The lowest BCUT2D eigenvalue weighted by Gasteiger charge is -2.18. The molecule has 0 unspecified atom stereocenters. The van der Waals surface area contributed by atoms with Crippen molar-refractivity contribution in [2.75, 3.05) is 11.9 Å². The highest BCUT2D eigenvalue weighted by molar-refractivity contribution is 6.03. The smallest absolute Gasteiger partial charge is 0.271 e. The minimum Gasteiger partial charge on any atom is -0.482 e. The number of nitrogens with zero attached hydrogens (tertiary/aromatic N) is 1. The Kier molecular flexibility index (Phi) is 4.24. The molecule has 2 aromatic carbocycles. The van der Waals surface area contributed by atoms with Gasteiger partial charge in [-0.1, -0.05) is 0 Å². The van der Waals surface area contributed by atoms with Crippen molar-refractivity contribution in [3.05, 3.63) is 59.4 Å². The monoisotopic (exact) mass is 327 g/mol. The largest absolute Gasteiger partial charge is 0.482 e. The zero-order valence-corrected chi connectivity index (χ0v) is 12.8. The molecule has 122 valence electrons. The molecule has 2 N–H and O–H groups in total. The quantitative estimate of drug-likeness (QED) is 0.670. The Hall–Kier alpha value is -3.22. The van der Waals surface area contributed by atoms with E-state index in [9.17, 15) is 14.0 Å². The molecule has 0 bridgehead atoms. The van der Waals surface area contributed by atoms with Crippen LogP contribution in [-0.2, 0) is 4.79 Å². The van der Waals surface area contributed by atoms with Crippen LogP contribution in [0.15, 0.2) is 47.6 Å². The fourth-order valence-electron chi connectivity index (χ4n) is 2.17. The van der Waals surface area contributed by atoms with Crippen LogP contribution in [0.3, 0.4) is 0 Å². The molecule has 1 heterocycles. The van der Waals surface area contributed by atoms with Gasteiger partial charge in [-0.05, 0) is 55.0 Å². The number of halogens is 1. The normalized spacial score (nSPS) is 13.6. The summed E-state index contributed by atoms with van der Waals surface area (Å²) in [6.45, 7) is 1.71. The van der Waals surface area contributed by atoms with Crippen molar-refractivity contribution in [1.82, 2.24) is 5.43 Å². The first-order valence-corrected chi connectivity index (χ1v) is 7.20. The van der Waals surface area contributed by atoms with Gasteiger partial charge >= 0.3 is 0 Å². The van der Waals surface area contributed by atoms with Crippen molar-refractivity contribution in [3.63, 3.8) is 0 Å². The number of hydrazone groups is 1. The number of hydrogen-bond acceptors (Lipinski definition) is 4. The minimum atomic E-state index is -0.441. The predicted molar refractivity (Wildman–Crippen MR) is 86.6 cm³/mol. The molecule has 0 saturated heterocycles. The molecule has 0 aromatic heterocycles. The van der Waals surface area contributed by atoms with Gasteiger partial charge in [-0.3, -0.25) is 9.59 Å². The lowest BCUT2D eigenvalue weighted by atomic mass is 10.1. The van der Waals surface area contributed by atoms with Gasteiger partial charge in [-0.2, -0.15) is 5.10 Å². The molecule has 0 fully saturated rings. The number of benzene rings is 2. The summed E-state index contributed by atoms with van der Waals surface area (Å²) in [7, 11) is 0. The molecule has 2 amide bonds. The summed E-state index contributed by atoms with van der Waals surface area (Å²) >= 11 is 0. The van der Waals surface area contributed by atoms with Crippen LogP contribution < -0.4 is 15.5 Å². The second-order valence-corrected chi connectivity index (χ2v) is 5.19. The molecule has 1 aliphatic heterocycles. The van der Waals surface area contributed by atoms with E-state index in [0.29, 0.717) is 22.7 Å². The van der Waals surface area contributed by atoms with Crippen LogP contribution in [0.4, 0.5) is 10.1 Å². The third-order valence-electron chi connectivity index (χ3n) is 3.46. The molecule has 0 radical (unpaired) electrons. The predicted octanol–water partition coefficient (Wildman–Crippen LogP) is 2.31. The fourth-order valence-corrected chi connectivity index (χ4v) is 2.17. The van der Waals surface area contributed by atoms with Gasteiger partial charge in [0.25, 0.3) is 11.8 Å². The zero-order chi connectivity index (χ0) is 17.1. The molecular weight excluding hydrogens is 313 g/mol. The van der Waals surface area contributed by atoms with Crippen LogP contribution in [0.25, 0.3) is 0 Å². The Balaban J connectivity index is 1.74. The SMILES string of the molecule is C/C(=N/NC(=O)c1ccc(F)cc1)c1ccc2c(c1)NC(=O)CO2. The first-order valence-electron chi connectivity index (χ1n) is 7.20. The molecule has 0 atom stereocenters. The van der Waals surface area contributed by atoms with Gasteiger partial charge in [0.1, 0.15) is 11.6 Å². The van der Waals surface area contributed by atoms with E-state index in [4.69, 9.17) is 4.74 Å². The Morgan fingerprint density at radius 2 is 1.92 bits per heavy atom. The minimum absolute atomic E-state index is 0.00680. The van der Waals surface area contributed by atoms with E-state index in [1.54, 1.807) is 25.1 Å². The topological polar surface area (TPSA) is 79.8 Å². The average molecular weight is 327 g/mol. The first-order chi connectivity index (χ1) is 11.5. The highest BCUT2D eigenvalue weighted by Gasteiger charge is 2.16. The third-order valence-corrected chi connectivity index (χ3v) is 3.46. The van der Waals surface area contributed by atoms with Crippen molar-refractivity contribution in [2.24, 2.45) is 5.10 Å². The van der Waals surface area contributed by atoms with Crippen molar-refractivity contribution in [2.45, 2.75) is 6.92 Å². The first kappa shape index (κ1) is 15.7.